The molecule has 27 heavy (non-hydrogen) atoms. The third-order valence-corrected chi connectivity index (χ3v) is 5.78. The monoisotopic (exact) mass is 386 g/mol. The van der Waals surface area contributed by atoms with Crippen LogP contribution in [0.4, 0.5) is 0 Å². The number of fused-ring (bicyclic) bond motifs is 1. The molecule has 7 heteroatoms. The van der Waals surface area contributed by atoms with Crippen LogP contribution in [0.1, 0.15) is 49.8 Å². The summed E-state index contributed by atoms with van der Waals surface area (Å²) in [5.74, 6) is 2.89. The van der Waals surface area contributed by atoms with Gasteiger partial charge in [0.1, 0.15) is 12.4 Å². The molecule has 0 radical (unpaired) electrons. The summed E-state index contributed by atoms with van der Waals surface area (Å²) in [6.07, 6.45) is 5.78. The molecule has 1 aliphatic heterocycles. The third-order valence-electron chi connectivity index (χ3n) is 5.54. The fraction of sp³-hybridized carbons (Fsp3) is 0.550. The zero-order chi connectivity index (χ0) is 18.7. The van der Waals surface area contributed by atoms with Crippen molar-refractivity contribution in [3.63, 3.8) is 0 Å². The van der Waals surface area contributed by atoms with E-state index in [-0.39, 0.29) is 5.41 Å². The number of hydrogen-bond donors (Lipinski definition) is 2. The second-order valence-corrected chi connectivity index (χ2v) is 7.92. The highest BCUT2D eigenvalue weighted by molar-refractivity contribution is 6.30. The Bertz CT molecular complexity index is 824. The van der Waals surface area contributed by atoms with Gasteiger partial charge in [0.05, 0.1) is 0 Å². The molecule has 144 valence electrons. The van der Waals surface area contributed by atoms with E-state index in [1.165, 1.54) is 31.2 Å². The topological polar surface area (TPSA) is 67.1 Å². The minimum atomic E-state index is 0.176. The average Bonchev–Trinajstić information content (AvgIpc) is 3.37. The molecule has 0 spiro atoms. The van der Waals surface area contributed by atoms with E-state index in [1.54, 1.807) is 0 Å². The fourth-order valence-corrected chi connectivity index (χ4v) is 3.96. The smallest absolute Gasteiger partial charge is 0.191 e. The molecule has 0 amide bonds. The molecule has 0 bridgehead atoms. The van der Waals surface area contributed by atoms with Crippen molar-refractivity contribution < 1.29 is 0 Å². The summed E-state index contributed by atoms with van der Waals surface area (Å²) in [7, 11) is 0. The Morgan fingerprint density at radius 2 is 2.15 bits per heavy atom. The third kappa shape index (κ3) is 4.10. The first-order chi connectivity index (χ1) is 13.2. The summed E-state index contributed by atoms with van der Waals surface area (Å²) in [5.41, 5.74) is 1.49. The van der Waals surface area contributed by atoms with E-state index in [1.807, 2.05) is 12.1 Å². The maximum atomic E-state index is 6.18. The lowest BCUT2D eigenvalue weighted by atomic mass is 9.96. The summed E-state index contributed by atoms with van der Waals surface area (Å²) < 4.78 is 2.23. The molecular weight excluding hydrogens is 360 g/mol. The number of benzene rings is 1. The molecule has 0 atom stereocenters. The predicted molar refractivity (Wildman–Crippen MR) is 108 cm³/mol. The number of aliphatic imine (C=N–C) groups is 1. The molecule has 1 aliphatic carbocycles. The van der Waals surface area contributed by atoms with Gasteiger partial charge in [0.2, 0.25) is 0 Å². The van der Waals surface area contributed by atoms with Crippen LogP contribution >= 0.6 is 11.6 Å². The Labute approximate surface area is 165 Å². The van der Waals surface area contributed by atoms with Crippen molar-refractivity contribution in [3.05, 3.63) is 46.5 Å². The summed E-state index contributed by atoms with van der Waals surface area (Å²) in [6, 6.07) is 8.22. The van der Waals surface area contributed by atoms with Crippen molar-refractivity contribution >= 4 is 17.6 Å². The van der Waals surface area contributed by atoms with E-state index in [0.717, 1.165) is 48.7 Å². The summed E-state index contributed by atoms with van der Waals surface area (Å²) in [4.78, 5) is 4.75. The van der Waals surface area contributed by atoms with E-state index < -0.39 is 0 Å². The van der Waals surface area contributed by atoms with Gasteiger partial charge >= 0.3 is 0 Å². The maximum Gasteiger partial charge on any atom is 0.191 e. The van der Waals surface area contributed by atoms with E-state index in [0.29, 0.717) is 6.54 Å². The molecule has 4 rings (SSSR count). The predicted octanol–water partition coefficient (Wildman–Crippen LogP) is 3.05. The van der Waals surface area contributed by atoms with E-state index in [4.69, 9.17) is 16.6 Å². The van der Waals surface area contributed by atoms with Gasteiger partial charge in [-0.1, -0.05) is 23.7 Å². The van der Waals surface area contributed by atoms with Crippen molar-refractivity contribution in [1.29, 1.82) is 0 Å². The number of halogens is 1. The Hall–Kier alpha value is -2.08. The zero-order valence-electron chi connectivity index (χ0n) is 15.8. The number of rotatable bonds is 6. The van der Waals surface area contributed by atoms with Gasteiger partial charge in [-0.3, -0.25) is 0 Å². The Morgan fingerprint density at radius 3 is 2.93 bits per heavy atom. The summed E-state index contributed by atoms with van der Waals surface area (Å²) in [5, 5.41) is 16.3. The van der Waals surface area contributed by atoms with Crippen LogP contribution in [-0.4, -0.2) is 33.8 Å². The van der Waals surface area contributed by atoms with Crippen LogP contribution in [0.15, 0.2) is 29.3 Å². The van der Waals surface area contributed by atoms with E-state index in [9.17, 15) is 0 Å². The average molecular weight is 387 g/mol. The van der Waals surface area contributed by atoms with Gasteiger partial charge in [-0.25, -0.2) is 4.99 Å². The summed E-state index contributed by atoms with van der Waals surface area (Å²) in [6.45, 7) is 5.33. The van der Waals surface area contributed by atoms with Gasteiger partial charge in [-0.05, 0) is 50.3 Å². The van der Waals surface area contributed by atoms with Crippen LogP contribution in [0, 0.1) is 0 Å². The molecule has 1 saturated carbocycles. The van der Waals surface area contributed by atoms with Crippen LogP contribution in [-0.2, 0) is 24.9 Å². The lowest BCUT2D eigenvalue weighted by molar-refractivity contribution is 0.508. The lowest BCUT2D eigenvalue weighted by Gasteiger charge is -2.19. The SMILES string of the molecule is CCNC(=NCc1nnc2n1CCCC2)NCC1(c2cccc(Cl)c2)CC1. The molecule has 0 saturated heterocycles. The zero-order valence-corrected chi connectivity index (χ0v) is 16.6. The van der Waals surface area contributed by atoms with Gasteiger partial charge in [-0.2, -0.15) is 0 Å². The van der Waals surface area contributed by atoms with Crippen molar-refractivity contribution in [2.75, 3.05) is 13.1 Å². The highest BCUT2D eigenvalue weighted by Gasteiger charge is 2.44. The highest BCUT2D eigenvalue weighted by atomic mass is 35.5. The molecule has 2 N–H and O–H groups in total. The number of aromatic nitrogens is 3. The maximum absolute atomic E-state index is 6.18. The van der Waals surface area contributed by atoms with Crippen LogP contribution in [0.5, 0.6) is 0 Å². The molecule has 1 aromatic heterocycles. The molecule has 0 unspecified atom stereocenters. The first-order valence-electron chi connectivity index (χ1n) is 9.89. The van der Waals surface area contributed by atoms with Gasteiger partial charge in [-0.15, -0.1) is 10.2 Å². The van der Waals surface area contributed by atoms with Gasteiger partial charge < -0.3 is 15.2 Å². The van der Waals surface area contributed by atoms with Crippen LogP contribution in [0.2, 0.25) is 5.02 Å². The molecule has 1 aromatic carbocycles. The molecule has 2 aliphatic rings. The van der Waals surface area contributed by atoms with Gasteiger partial charge in [0, 0.05) is 36.5 Å². The molecular formula is C20H27ClN6. The Balaban J connectivity index is 1.42. The highest BCUT2D eigenvalue weighted by Crippen LogP contribution is 2.48. The molecule has 2 heterocycles. The number of aryl methyl sites for hydroxylation is 1. The normalized spacial score (nSPS) is 18.1. The van der Waals surface area contributed by atoms with Crippen molar-refractivity contribution in [1.82, 2.24) is 25.4 Å². The number of nitrogens with zero attached hydrogens (tertiary/aromatic N) is 4. The fourth-order valence-electron chi connectivity index (χ4n) is 3.77. The molecule has 1 fully saturated rings. The number of hydrogen-bond acceptors (Lipinski definition) is 3. The van der Waals surface area contributed by atoms with Crippen LogP contribution in [0.3, 0.4) is 0 Å². The largest absolute Gasteiger partial charge is 0.357 e. The first-order valence-corrected chi connectivity index (χ1v) is 10.3. The Morgan fingerprint density at radius 1 is 1.26 bits per heavy atom. The standard InChI is InChI=1S/C20H27ClN6/c1-2-22-19(23-13-18-26-25-17-8-3-4-11-27(17)18)24-14-20(9-10-20)15-6-5-7-16(21)12-15/h5-7,12H,2-4,8-11,13-14H2,1H3,(H2,22,23,24). The Kier molecular flexibility index (Phi) is 5.34. The van der Waals surface area contributed by atoms with Crippen molar-refractivity contribution in [2.45, 2.75) is 57.5 Å². The number of nitrogens with one attached hydrogen (secondary N) is 2. The minimum Gasteiger partial charge on any atom is -0.357 e. The van der Waals surface area contributed by atoms with E-state index in [2.05, 4.69) is 44.5 Å². The van der Waals surface area contributed by atoms with Crippen LogP contribution < -0.4 is 10.6 Å². The van der Waals surface area contributed by atoms with Gasteiger partial charge in [0.25, 0.3) is 0 Å². The molecule has 2 aromatic rings. The second-order valence-electron chi connectivity index (χ2n) is 7.48. The van der Waals surface area contributed by atoms with Crippen molar-refractivity contribution in [3.8, 4) is 0 Å². The summed E-state index contributed by atoms with van der Waals surface area (Å²) >= 11 is 6.18. The van der Waals surface area contributed by atoms with Crippen LogP contribution in [0.25, 0.3) is 0 Å². The lowest BCUT2D eigenvalue weighted by Crippen LogP contribution is -2.41. The number of guanidine groups is 1. The second kappa shape index (κ2) is 7.89. The molecule has 6 nitrogen and oxygen atoms in total. The minimum absolute atomic E-state index is 0.176. The first kappa shape index (κ1) is 18.3. The van der Waals surface area contributed by atoms with E-state index >= 15 is 0 Å². The quantitative estimate of drug-likeness (QED) is 0.591. The van der Waals surface area contributed by atoms with Crippen molar-refractivity contribution in [2.24, 2.45) is 4.99 Å². The van der Waals surface area contributed by atoms with Gasteiger partial charge in [0.15, 0.2) is 11.8 Å².